The number of nitrogens with one attached hydrogen (secondary N) is 4. The van der Waals surface area contributed by atoms with Crippen LogP contribution in [-0.2, 0) is 25.6 Å². The molecule has 4 unspecified atom stereocenters. The number of fused-ring (bicyclic) bond motifs is 1. The van der Waals surface area contributed by atoms with Crippen LogP contribution in [-0.4, -0.2) is 64.2 Å². The number of amides is 3. The molecule has 1 aromatic carbocycles. The number of hydrogen-bond donors (Lipinski definition) is 7. The highest BCUT2D eigenvalue weighted by molar-refractivity contribution is 7.80. The fourth-order valence-electron chi connectivity index (χ4n) is 3.23. The molecule has 0 fully saturated rings. The topological polar surface area (TPSA) is 166 Å². The fourth-order valence-corrected chi connectivity index (χ4v) is 3.49. The van der Waals surface area contributed by atoms with Crippen molar-refractivity contribution in [2.75, 3.05) is 12.3 Å². The summed E-state index contributed by atoms with van der Waals surface area (Å²) in [5.41, 5.74) is 7.43. The molecule has 7 N–H and O–H groups in total. The Bertz CT molecular complexity index is 994. The van der Waals surface area contributed by atoms with Gasteiger partial charge in [-0.1, -0.05) is 38.5 Å². The van der Waals surface area contributed by atoms with Gasteiger partial charge in [0.05, 0.1) is 12.6 Å². The third kappa shape index (κ3) is 7.22. The lowest BCUT2D eigenvalue weighted by atomic mass is 9.99. The minimum absolute atomic E-state index is 0.0471. The largest absolute Gasteiger partial charge is 0.480 e. The predicted molar refractivity (Wildman–Crippen MR) is 128 cm³/mol. The molecule has 180 valence electrons. The molecule has 1 heterocycles. The first kappa shape index (κ1) is 26.2. The minimum Gasteiger partial charge on any atom is -0.480 e. The minimum atomic E-state index is -1.20. The zero-order valence-corrected chi connectivity index (χ0v) is 19.5. The lowest BCUT2D eigenvalue weighted by molar-refractivity contribution is -0.142. The second-order valence-corrected chi connectivity index (χ2v) is 8.26. The van der Waals surface area contributed by atoms with Crippen LogP contribution in [0.3, 0.4) is 0 Å². The van der Waals surface area contributed by atoms with Crippen LogP contribution in [0.4, 0.5) is 0 Å². The van der Waals surface area contributed by atoms with Crippen molar-refractivity contribution in [2.45, 2.75) is 44.8 Å². The Morgan fingerprint density at radius 1 is 1.12 bits per heavy atom. The number of carbonyl (C=O) groups excluding carboxylic acids is 3. The lowest BCUT2D eigenvalue weighted by Gasteiger charge is -2.21. The van der Waals surface area contributed by atoms with Gasteiger partial charge in [0, 0.05) is 29.3 Å². The zero-order valence-electron chi connectivity index (χ0n) is 18.6. The first-order chi connectivity index (χ1) is 15.7. The van der Waals surface area contributed by atoms with E-state index in [-0.39, 0.29) is 24.6 Å². The van der Waals surface area contributed by atoms with E-state index in [1.807, 2.05) is 38.1 Å². The van der Waals surface area contributed by atoms with Gasteiger partial charge in [-0.15, -0.1) is 0 Å². The Hall–Kier alpha value is -3.05. The van der Waals surface area contributed by atoms with Crippen LogP contribution in [0.5, 0.6) is 0 Å². The number of para-hydroxylation sites is 1. The summed E-state index contributed by atoms with van der Waals surface area (Å²) >= 11 is 4.09. The molecule has 0 bridgehead atoms. The molecule has 1 aromatic heterocycles. The molecule has 0 aliphatic heterocycles. The number of aromatic nitrogens is 1. The fraction of sp³-hybridized carbons (Fsp3) is 0.455. The van der Waals surface area contributed by atoms with Crippen molar-refractivity contribution >= 4 is 47.2 Å². The molecule has 2 rings (SSSR count). The molecule has 0 aliphatic carbocycles. The van der Waals surface area contributed by atoms with Crippen LogP contribution < -0.4 is 21.7 Å². The van der Waals surface area contributed by atoms with Gasteiger partial charge in [-0.25, -0.2) is 4.79 Å². The first-order valence-corrected chi connectivity index (χ1v) is 11.3. The van der Waals surface area contributed by atoms with Gasteiger partial charge in [-0.3, -0.25) is 14.4 Å². The highest BCUT2D eigenvalue weighted by Gasteiger charge is 2.27. The lowest BCUT2D eigenvalue weighted by Crippen LogP contribution is -2.55. The molecule has 0 aliphatic rings. The van der Waals surface area contributed by atoms with E-state index in [9.17, 15) is 24.3 Å². The Morgan fingerprint density at radius 3 is 2.45 bits per heavy atom. The van der Waals surface area contributed by atoms with E-state index in [2.05, 4.69) is 33.6 Å². The summed E-state index contributed by atoms with van der Waals surface area (Å²) in [7, 11) is 0. The summed E-state index contributed by atoms with van der Waals surface area (Å²) in [6.45, 7) is 3.38. The number of carboxylic acid groups (broad SMARTS) is 1. The third-order valence-electron chi connectivity index (χ3n) is 5.53. The number of H-pyrrole nitrogens is 1. The Labute approximate surface area is 197 Å². The molecule has 0 saturated heterocycles. The molecule has 0 saturated carbocycles. The second-order valence-electron chi connectivity index (χ2n) is 7.89. The normalized spacial score (nSPS) is 14.7. The molecule has 0 spiro atoms. The van der Waals surface area contributed by atoms with Crippen molar-refractivity contribution in [3.05, 3.63) is 36.0 Å². The molecule has 3 amide bonds. The van der Waals surface area contributed by atoms with Crippen LogP contribution in [0.15, 0.2) is 30.5 Å². The van der Waals surface area contributed by atoms with E-state index in [0.717, 1.165) is 16.5 Å². The maximum atomic E-state index is 12.6. The van der Waals surface area contributed by atoms with Gasteiger partial charge < -0.3 is 31.8 Å². The number of aliphatic carboxylic acids is 1. The predicted octanol–water partition coefficient (Wildman–Crippen LogP) is 0.184. The number of benzene rings is 1. The van der Waals surface area contributed by atoms with E-state index in [1.54, 1.807) is 6.20 Å². The number of thiol groups is 1. The van der Waals surface area contributed by atoms with Crippen LogP contribution in [0.1, 0.15) is 25.8 Å². The van der Waals surface area contributed by atoms with Crippen molar-refractivity contribution in [3.63, 3.8) is 0 Å². The molecule has 4 atom stereocenters. The number of aromatic amines is 1. The van der Waals surface area contributed by atoms with Gasteiger partial charge in [-0.2, -0.15) is 12.6 Å². The van der Waals surface area contributed by atoms with Crippen molar-refractivity contribution < 1.29 is 24.3 Å². The average Bonchev–Trinajstić information content (AvgIpc) is 3.22. The summed E-state index contributed by atoms with van der Waals surface area (Å²) in [5, 5.41) is 17.8. The SMILES string of the molecule is CCC(C)C(N)C(=O)NCC(=O)NC(CS)C(=O)NC(Cc1c[nH]c2ccccc12)C(=O)O. The molecule has 33 heavy (non-hydrogen) atoms. The van der Waals surface area contributed by atoms with Gasteiger partial charge in [0.2, 0.25) is 17.7 Å². The van der Waals surface area contributed by atoms with Gasteiger partial charge in [0.1, 0.15) is 12.1 Å². The van der Waals surface area contributed by atoms with E-state index in [1.165, 1.54) is 0 Å². The first-order valence-electron chi connectivity index (χ1n) is 10.7. The maximum Gasteiger partial charge on any atom is 0.326 e. The molecule has 11 heteroatoms. The van der Waals surface area contributed by atoms with E-state index < -0.39 is 41.8 Å². The summed E-state index contributed by atoms with van der Waals surface area (Å²) in [5.74, 6) is -3.07. The number of carboxylic acids is 1. The quantitative estimate of drug-likeness (QED) is 0.215. The summed E-state index contributed by atoms with van der Waals surface area (Å²) in [6.07, 6.45) is 2.48. The monoisotopic (exact) mass is 477 g/mol. The number of carbonyl (C=O) groups is 4. The number of hydrogen-bond acceptors (Lipinski definition) is 6. The van der Waals surface area contributed by atoms with E-state index >= 15 is 0 Å². The molecule has 0 radical (unpaired) electrons. The van der Waals surface area contributed by atoms with Crippen molar-refractivity contribution in [1.29, 1.82) is 0 Å². The van der Waals surface area contributed by atoms with Gasteiger partial charge in [0.25, 0.3) is 0 Å². The standard InChI is InChI=1S/C22H31N5O5S/c1-3-12(2)19(23)21(30)25-10-18(28)26-17(11-33)20(29)27-16(22(31)32)8-13-9-24-15-7-5-4-6-14(13)15/h4-7,9,12,16-17,19,24,33H,3,8,10-11,23H2,1-2H3,(H,25,30)(H,26,28)(H,27,29)(H,31,32). The molecular formula is C22H31N5O5S. The average molecular weight is 478 g/mol. The van der Waals surface area contributed by atoms with Crippen LogP contribution >= 0.6 is 12.6 Å². The van der Waals surface area contributed by atoms with Gasteiger partial charge in [0.15, 0.2) is 0 Å². The number of nitrogens with two attached hydrogens (primary N) is 1. The summed E-state index contributed by atoms with van der Waals surface area (Å²) in [6, 6.07) is 4.41. The van der Waals surface area contributed by atoms with E-state index in [4.69, 9.17) is 5.73 Å². The summed E-state index contributed by atoms with van der Waals surface area (Å²) < 4.78 is 0. The third-order valence-corrected chi connectivity index (χ3v) is 5.90. The molecule has 2 aromatic rings. The second kappa shape index (κ2) is 12.3. The Morgan fingerprint density at radius 2 is 1.82 bits per heavy atom. The molecule has 10 nitrogen and oxygen atoms in total. The van der Waals surface area contributed by atoms with Gasteiger partial charge >= 0.3 is 5.97 Å². The summed E-state index contributed by atoms with van der Waals surface area (Å²) in [4.78, 5) is 51.7. The highest BCUT2D eigenvalue weighted by Crippen LogP contribution is 2.19. The van der Waals surface area contributed by atoms with Crippen LogP contribution in [0.2, 0.25) is 0 Å². The smallest absolute Gasteiger partial charge is 0.326 e. The highest BCUT2D eigenvalue weighted by atomic mass is 32.1. The van der Waals surface area contributed by atoms with E-state index in [0.29, 0.717) is 6.42 Å². The Kier molecular flexibility index (Phi) is 9.74. The Balaban J connectivity index is 1.95. The van der Waals surface area contributed by atoms with Crippen molar-refractivity contribution in [1.82, 2.24) is 20.9 Å². The zero-order chi connectivity index (χ0) is 24.5. The van der Waals surface area contributed by atoms with Crippen molar-refractivity contribution in [2.24, 2.45) is 11.7 Å². The maximum absolute atomic E-state index is 12.6. The van der Waals surface area contributed by atoms with Crippen molar-refractivity contribution in [3.8, 4) is 0 Å². The van der Waals surface area contributed by atoms with Gasteiger partial charge in [-0.05, 0) is 17.5 Å². The van der Waals surface area contributed by atoms with Crippen LogP contribution in [0, 0.1) is 5.92 Å². The van der Waals surface area contributed by atoms with Crippen LogP contribution in [0.25, 0.3) is 10.9 Å². The number of rotatable bonds is 12. The molecular weight excluding hydrogens is 446 g/mol.